The largest absolute Gasteiger partial charge is 0.333 e. The molecule has 0 aliphatic carbocycles. The molecule has 0 unspecified atom stereocenters. The van der Waals surface area contributed by atoms with E-state index in [2.05, 4.69) is 28.2 Å². The van der Waals surface area contributed by atoms with Crippen LogP contribution in [-0.4, -0.2) is 32.7 Å². The highest BCUT2D eigenvalue weighted by atomic mass is 35.5. The van der Waals surface area contributed by atoms with Crippen molar-refractivity contribution in [3.8, 4) is 0 Å². The van der Waals surface area contributed by atoms with E-state index in [-0.39, 0.29) is 37.2 Å². The first-order chi connectivity index (χ1) is 2.00. The van der Waals surface area contributed by atoms with Crippen LogP contribution in [0.2, 0.25) is 0 Å². The molecular weight excluding hydrogens is 168 g/mol. The molecule has 0 aliphatic rings. The summed E-state index contributed by atoms with van der Waals surface area (Å²) < 4.78 is 1.00. The van der Waals surface area contributed by atoms with Crippen molar-refractivity contribution in [1.29, 1.82) is 0 Å². The monoisotopic (exact) mass is 182 g/mol. The van der Waals surface area contributed by atoms with E-state index in [9.17, 15) is 0 Å². The van der Waals surface area contributed by atoms with Gasteiger partial charge in [-0.25, -0.2) is 0 Å². The Bertz CT molecular complexity index is 26.8. The average molecular weight is 184 g/mol. The van der Waals surface area contributed by atoms with E-state index in [1.165, 1.54) is 0 Å². The molecule has 0 bridgehead atoms. The molecule has 0 aromatic carbocycles. The van der Waals surface area contributed by atoms with Gasteiger partial charge in [-0.2, -0.15) is 0 Å². The Morgan fingerprint density at radius 2 is 0.625 bits per heavy atom. The van der Waals surface area contributed by atoms with E-state index in [1.807, 2.05) is 0 Å². The molecular formula is C4H15Cl3N+. The lowest BCUT2D eigenvalue weighted by molar-refractivity contribution is -0.849. The summed E-state index contributed by atoms with van der Waals surface area (Å²) in [6.07, 6.45) is 0. The van der Waals surface area contributed by atoms with Gasteiger partial charge in [-0.3, -0.25) is 0 Å². The molecule has 0 atom stereocenters. The fraction of sp³-hybridized carbons (Fsp3) is 1.00. The van der Waals surface area contributed by atoms with Gasteiger partial charge in [0.25, 0.3) is 0 Å². The highest BCUT2D eigenvalue weighted by molar-refractivity contribution is 5.86. The van der Waals surface area contributed by atoms with Crippen molar-refractivity contribution < 1.29 is 4.48 Å². The van der Waals surface area contributed by atoms with E-state index in [0.29, 0.717) is 0 Å². The summed E-state index contributed by atoms with van der Waals surface area (Å²) in [7, 11) is 8.50. The molecule has 8 heavy (non-hydrogen) atoms. The third kappa shape index (κ3) is 337. The maximum atomic E-state index is 2.12. The third-order valence-electron chi connectivity index (χ3n) is 0. The van der Waals surface area contributed by atoms with Crippen LogP contribution in [-0.2, 0) is 0 Å². The molecule has 0 amide bonds. The Morgan fingerprint density at radius 1 is 0.625 bits per heavy atom. The predicted molar refractivity (Wildman–Crippen MR) is 45.7 cm³/mol. The standard InChI is InChI=1S/C4H12N.3ClH/c1-5(2,3)4;;;/h1-4H3;3*1H/q+1;;;. The van der Waals surface area contributed by atoms with Crippen molar-refractivity contribution in [3.63, 3.8) is 0 Å². The minimum Gasteiger partial charge on any atom is -0.333 e. The first-order valence-electron chi connectivity index (χ1n) is 1.79. The number of nitrogens with zero attached hydrogens (tertiary/aromatic N) is 1. The van der Waals surface area contributed by atoms with Crippen molar-refractivity contribution in [2.24, 2.45) is 0 Å². The van der Waals surface area contributed by atoms with Crippen molar-refractivity contribution >= 4 is 37.2 Å². The molecule has 0 heterocycles. The van der Waals surface area contributed by atoms with Gasteiger partial charge in [0.15, 0.2) is 0 Å². The third-order valence-corrected chi connectivity index (χ3v) is 0. The lowest BCUT2D eigenvalue weighted by atomic mass is 10.8. The minimum atomic E-state index is 0. The molecule has 56 valence electrons. The topological polar surface area (TPSA) is 0 Å². The van der Waals surface area contributed by atoms with Crippen LogP contribution in [0.15, 0.2) is 0 Å². The Balaban J connectivity index is -0.0000000267. The lowest BCUT2D eigenvalue weighted by Gasteiger charge is -2.14. The maximum Gasteiger partial charge on any atom is 0.0675 e. The highest BCUT2D eigenvalue weighted by Gasteiger charge is 1.88. The van der Waals surface area contributed by atoms with E-state index < -0.39 is 0 Å². The van der Waals surface area contributed by atoms with Crippen molar-refractivity contribution in [3.05, 3.63) is 0 Å². The summed E-state index contributed by atoms with van der Waals surface area (Å²) in [6, 6.07) is 0. The van der Waals surface area contributed by atoms with Crippen molar-refractivity contribution in [2.75, 3.05) is 28.2 Å². The van der Waals surface area contributed by atoms with Gasteiger partial charge in [-0.05, 0) is 0 Å². The average Bonchev–Trinajstić information content (AvgIpc) is 0.722. The normalized spacial score (nSPS) is 7.50. The second-order valence-electron chi connectivity index (χ2n) is 2.68. The minimum absolute atomic E-state index is 0. The molecule has 0 fully saturated rings. The molecule has 0 rings (SSSR count). The Labute approximate surface area is 70.3 Å². The van der Waals surface area contributed by atoms with Crippen LogP contribution < -0.4 is 0 Å². The molecule has 0 aromatic rings. The number of rotatable bonds is 0. The molecule has 0 N–H and O–H groups in total. The number of quaternary nitrogens is 1. The molecule has 4 heteroatoms. The fourth-order valence-electron chi connectivity index (χ4n) is 0. The summed E-state index contributed by atoms with van der Waals surface area (Å²) in [5.41, 5.74) is 0. The van der Waals surface area contributed by atoms with E-state index in [0.717, 1.165) is 4.48 Å². The second kappa shape index (κ2) is 7.83. The van der Waals surface area contributed by atoms with Crippen molar-refractivity contribution in [2.45, 2.75) is 0 Å². The van der Waals surface area contributed by atoms with E-state index >= 15 is 0 Å². The zero-order valence-corrected chi connectivity index (χ0v) is 8.12. The summed E-state index contributed by atoms with van der Waals surface area (Å²) >= 11 is 0. The molecule has 0 radical (unpaired) electrons. The van der Waals surface area contributed by atoms with Gasteiger partial charge in [0, 0.05) is 0 Å². The summed E-state index contributed by atoms with van der Waals surface area (Å²) in [5.74, 6) is 0. The zero-order valence-electron chi connectivity index (χ0n) is 5.67. The van der Waals surface area contributed by atoms with Gasteiger partial charge in [-0.1, -0.05) is 0 Å². The van der Waals surface area contributed by atoms with E-state index in [1.54, 1.807) is 0 Å². The van der Waals surface area contributed by atoms with Crippen LogP contribution >= 0.6 is 37.2 Å². The molecule has 0 spiro atoms. The summed E-state index contributed by atoms with van der Waals surface area (Å²) in [5, 5.41) is 0. The fourth-order valence-corrected chi connectivity index (χ4v) is 0. The van der Waals surface area contributed by atoms with Crippen LogP contribution in [0.4, 0.5) is 0 Å². The van der Waals surface area contributed by atoms with Gasteiger partial charge < -0.3 is 4.48 Å². The van der Waals surface area contributed by atoms with Crippen LogP contribution in [0.25, 0.3) is 0 Å². The summed E-state index contributed by atoms with van der Waals surface area (Å²) in [6.45, 7) is 0. The van der Waals surface area contributed by atoms with Gasteiger partial charge in [0.05, 0.1) is 28.2 Å². The number of hydrogen-bond acceptors (Lipinski definition) is 0. The van der Waals surface area contributed by atoms with Crippen LogP contribution in [0.1, 0.15) is 0 Å². The Morgan fingerprint density at radius 3 is 0.625 bits per heavy atom. The van der Waals surface area contributed by atoms with Gasteiger partial charge in [0.2, 0.25) is 0 Å². The zero-order chi connectivity index (χ0) is 4.50. The van der Waals surface area contributed by atoms with Crippen LogP contribution in [0, 0.1) is 0 Å². The second-order valence-corrected chi connectivity index (χ2v) is 2.68. The summed E-state index contributed by atoms with van der Waals surface area (Å²) in [4.78, 5) is 0. The van der Waals surface area contributed by atoms with E-state index in [4.69, 9.17) is 0 Å². The Hall–Kier alpha value is 0.830. The molecule has 1 nitrogen and oxygen atoms in total. The van der Waals surface area contributed by atoms with Gasteiger partial charge >= 0.3 is 0 Å². The highest BCUT2D eigenvalue weighted by Crippen LogP contribution is 1.73. The number of halogens is 3. The van der Waals surface area contributed by atoms with Crippen LogP contribution in [0.5, 0.6) is 0 Å². The quantitative estimate of drug-likeness (QED) is 0.501. The first-order valence-corrected chi connectivity index (χ1v) is 1.79. The number of hydrogen-bond donors (Lipinski definition) is 0. The Kier molecular flexibility index (Phi) is 22.7. The molecule has 0 saturated carbocycles. The van der Waals surface area contributed by atoms with Gasteiger partial charge in [-0.15, -0.1) is 37.2 Å². The predicted octanol–water partition coefficient (Wildman–Crippen LogP) is 1.59. The SMILES string of the molecule is C[N+](C)(C)C.Cl.Cl.Cl. The molecule has 0 aromatic heterocycles. The van der Waals surface area contributed by atoms with Gasteiger partial charge in [0.1, 0.15) is 0 Å². The molecule has 0 aliphatic heterocycles. The molecule has 0 saturated heterocycles. The lowest BCUT2D eigenvalue weighted by Crippen LogP contribution is -2.27. The smallest absolute Gasteiger partial charge is 0.0675 e. The van der Waals surface area contributed by atoms with Crippen LogP contribution in [0.3, 0.4) is 0 Å². The van der Waals surface area contributed by atoms with Crippen molar-refractivity contribution in [1.82, 2.24) is 0 Å². The maximum absolute atomic E-state index is 2.12. The first kappa shape index (κ1) is 23.2.